The smallest absolute Gasteiger partial charge is 0.238 e. The molecule has 0 radical (unpaired) electrons. The summed E-state index contributed by atoms with van der Waals surface area (Å²) in [6.45, 7) is 3.80. The highest BCUT2D eigenvalue weighted by atomic mass is 35.5. The third kappa shape index (κ3) is 5.92. The standard InChI is InChI=1S/C13H19ClN2O3/c1-3-19-12-5-4-10(14)8-11(12)16-13(17)9-15-6-7-18-2/h4-5,8,15H,3,6-7,9H2,1-2H3,(H,16,17). The van der Waals surface area contributed by atoms with Gasteiger partial charge in [-0.15, -0.1) is 0 Å². The van der Waals surface area contributed by atoms with E-state index in [0.717, 1.165) is 0 Å². The molecule has 0 aromatic heterocycles. The molecule has 0 bridgehead atoms. The second-order valence-electron chi connectivity index (χ2n) is 3.79. The fourth-order valence-corrected chi connectivity index (χ4v) is 1.62. The van der Waals surface area contributed by atoms with E-state index < -0.39 is 0 Å². The summed E-state index contributed by atoms with van der Waals surface area (Å²) in [4.78, 5) is 11.7. The van der Waals surface area contributed by atoms with E-state index in [1.807, 2.05) is 6.92 Å². The fraction of sp³-hybridized carbons (Fsp3) is 0.462. The zero-order valence-electron chi connectivity index (χ0n) is 11.2. The molecule has 0 fully saturated rings. The molecule has 1 aromatic rings. The number of hydrogen-bond acceptors (Lipinski definition) is 4. The summed E-state index contributed by atoms with van der Waals surface area (Å²) in [6, 6.07) is 5.12. The molecule has 1 aromatic carbocycles. The van der Waals surface area contributed by atoms with E-state index in [1.165, 1.54) is 0 Å². The number of hydrogen-bond donors (Lipinski definition) is 2. The van der Waals surface area contributed by atoms with E-state index in [-0.39, 0.29) is 12.5 Å². The molecular formula is C13H19ClN2O3. The first-order valence-corrected chi connectivity index (χ1v) is 6.47. The van der Waals surface area contributed by atoms with Crippen molar-refractivity contribution in [3.8, 4) is 5.75 Å². The number of carbonyl (C=O) groups excluding carboxylic acids is 1. The van der Waals surface area contributed by atoms with Gasteiger partial charge in [0, 0.05) is 18.7 Å². The maximum atomic E-state index is 11.7. The number of anilines is 1. The van der Waals surface area contributed by atoms with Crippen LogP contribution in [-0.4, -0.2) is 39.3 Å². The van der Waals surface area contributed by atoms with Gasteiger partial charge >= 0.3 is 0 Å². The average Bonchev–Trinajstić information content (AvgIpc) is 2.38. The molecule has 1 rings (SSSR count). The maximum Gasteiger partial charge on any atom is 0.238 e. The van der Waals surface area contributed by atoms with Crippen LogP contribution >= 0.6 is 11.6 Å². The minimum absolute atomic E-state index is 0.153. The highest BCUT2D eigenvalue weighted by Gasteiger charge is 2.08. The maximum absolute atomic E-state index is 11.7. The largest absolute Gasteiger partial charge is 0.492 e. The summed E-state index contributed by atoms with van der Waals surface area (Å²) in [6.07, 6.45) is 0. The van der Waals surface area contributed by atoms with Crippen molar-refractivity contribution in [2.75, 3.05) is 38.7 Å². The van der Waals surface area contributed by atoms with Crippen LogP contribution in [0.15, 0.2) is 18.2 Å². The van der Waals surface area contributed by atoms with Crippen LogP contribution in [0, 0.1) is 0 Å². The van der Waals surface area contributed by atoms with Gasteiger partial charge in [0.25, 0.3) is 0 Å². The van der Waals surface area contributed by atoms with Crippen molar-refractivity contribution < 1.29 is 14.3 Å². The van der Waals surface area contributed by atoms with Crippen molar-refractivity contribution >= 4 is 23.2 Å². The number of rotatable bonds is 8. The number of nitrogens with one attached hydrogen (secondary N) is 2. The Balaban J connectivity index is 2.54. The lowest BCUT2D eigenvalue weighted by Crippen LogP contribution is -2.30. The number of amides is 1. The highest BCUT2D eigenvalue weighted by molar-refractivity contribution is 6.31. The van der Waals surface area contributed by atoms with Crippen molar-refractivity contribution in [2.45, 2.75) is 6.92 Å². The first-order chi connectivity index (χ1) is 9.17. The Morgan fingerprint density at radius 2 is 2.21 bits per heavy atom. The molecule has 0 saturated heterocycles. The normalized spacial score (nSPS) is 10.3. The number of benzene rings is 1. The van der Waals surface area contributed by atoms with Gasteiger partial charge in [-0.25, -0.2) is 0 Å². The van der Waals surface area contributed by atoms with Gasteiger partial charge < -0.3 is 20.1 Å². The monoisotopic (exact) mass is 286 g/mol. The second kappa shape index (κ2) is 8.74. The first kappa shape index (κ1) is 15.8. The lowest BCUT2D eigenvalue weighted by atomic mass is 10.3. The van der Waals surface area contributed by atoms with Crippen LogP contribution in [0.25, 0.3) is 0 Å². The zero-order valence-corrected chi connectivity index (χ0v) is 11.9. The quantitative estimate of drug-likeness (QED) is 0.717. The molecule has 0 spiro atoms. The van der Waals surface area contributed by atoms with E-state index in [2.05, 4.69) is 10.6 Å². The van der Waals surface area contributed by atoms with E-state index in [1.54, 1.807) is 25.3 Å². The number of carbonyl (C=O) groups is 1. The molecule has 0 unspecified atom stereocenters. The Kier molecular flexibility index (Phi) is 7.25. The van der Waals surface area contributed by atoms with Gasteiger partial charge in [-0.3, -0.25) is 4.79 Å². The van der Waals surface area contributed by atoms with Gasteiger partial charge in [-0.2, -0.15) is 0 Å². The molecule has 6 heteroatoms. The van der Waals surface area contributed by atoms with Crippen LogP contribution in [0.1, 0.15) is 6.92 Å². The summed E-state index contributed by atoms with van der Waals surface area (Å²) < 4.78 is 10.3. The van der Waals surface area contributed by atoms with Crippen LogP contribution in [0.2, 0.25) is 5.02 Å². The molecule has 2 N–H and O–H groups in total. The van der Waals surface area contributed by atoms with Crippen LogP contribution in [-0.2, 0) is 9.53 Å². The highest BCUT2D eigenvalue weighted by Crippen LogP contribution is 2.27. The lowest BCUT2D eigenvalue weighted by molar-refractivity contribution is -0.115. The molecule has 5 nitrogen and oxygen atoms in total. The van der Waals surface area contributed by atoms with Gasteiger partial charge in [0.15, 0.2) is 0 Å². The van der Waals surface area contributed by atoms with Crippen molar-refractivity contribution in [2.24, 2.45) is 0 Å². The predicted octanol–water partition coefficient (Wildman–Crippen LogP) is 1.91. The Morgan fingerprint density at radius 1 is 1.42 bits per heavy atom. The predicted molar refractivity (Wildman–Crippen MR) is 76.0 cm³/mol. The van der Waals surface area contributed by atoms with Gasteiger partial charge in [-0.05, 0) is 25.1 Å². The Hall–Kier alpha value is -1.30. The van der Waals surface area contributed by atoms with Gasteiger partial charge in [0.1, 0.15) is 5.75 Å². The van der Waals surface area contributed by atoms with E-state index in [9.17, 15) is 4.79 Å². The van der Waals surface area contributed by atoms with Crippen LogP contribution in [0.3, 0.4) is 0 Å². The topological polar surface area (TPSA) is 59.6 Å². The molecule has 1 amide bonds. The molecule has 19 heavy (non-hydrogen) atoms. The Labute approximate surface area is 118 Å². The van der Waals surface area contributed by atoms with E-state index in [4.69, 9.17) is 21.1 Å². The minimum Gasteiger partial charge on any atom is -0.492 e. The second-order valence-corrected chi connectivity index (χ2v) is 4.23. The molecule has 0 aliphatic carbocycles. The van der Waals surface area contributed by atoms with Gasteiger partial charge in [0.05, 0.1) is 25.4 Å². The Bertz CT molecular complexity index is 413. The van der Waals surface area contributed by atoms with Gasteiger partial charge in [0.2, 0.25) is 5.91 Å². The minimum atomic E-state index is -0.153. The molecule has 0 atom stereocenters. The third-order valence-electron chi connectivity index (χ3n) is 2.28. The summed E-state index contributed by atoms with van der Waals surface area (Å²) in [5.41, 5.74) is 0.577. The van der Waals surface area contributed by atoms with E-state index in [0.29, 0.717) is 36.2 Å². The summed E-state index contributed by atoms with van der Waals surface area (Å²) in [5.74, 6) is 0.455. The van der Waals surface area contributed by atoms with Crippen LogP contribution in [0.5, 0.6) is 5.75 Å². The summed E-state index contributed by atoms with van der Waals surface area (Å²) in [5, 5.41) is 6.27. The first-order valence-electron chi connectivity index (χ1n) is 6.09. The number of methoxy groups -OCH3 is 1. The van der Waals surface area contributed by atoms with Gasteiger partial charge in [-0.1, -0.05) is 11.6 Å². The lowest BCUT2D eigenvalue weighted by Gasteiger charge is -2.12. The average molecular weight is 287 g/mol. The summed E-state index contributed by atoms with van der Waals surface area (Å²) >= 11 is 5.91. The zero-order chi connectivity index (χ0) is 14.1. The molecular weight excluding hydrogens is 268 g/mol. The molecule has 0 saturated carbocycles. The third-order valence-corrected chi connectivity index (χ3v) is 2.52. The van der Waals surface area contributed by atoms with Crippen molar-refractivity contribution in [3.63, 3.8) is 0 Å². The molecule has 0 aliphatic heterocycles. The fourth-order valence-electron chi connectivity index (χ4n) is 1.45. The Morgan fingerprint density at radius 3 is 2.89 bits per heavy atom. The number of halogens is 1. The summed E-state index contributed by atoms with van der Waals surface area (Å²) in [7, 11) is 1.61. The molecule has 0 aliphatic rings. The molecule has 0 heterocycles. The van der Waals surface area contributed by atoms with Crippen molar-refractivity contribution in [3.05, 3.63) is 23.2 Å². The van der Waals surface area contributed by atoms with E-state index >= 15 is 0 Å². The SMILES string of the molecule is CCOc1ccc(Cl)cc1NC(=O)CNCCOC. The van der Waals surface area contributed by atoms with Crippen molar-refractivity contribution in [1.29, 1.82) is 0 Å². The molecule has 106 valence electrons. The van der Waals surface area contributed by atoms with Crippen LogP contribution < -0.4 is 15.4 Å². The van der Waals surface area contributed by atoms with Crippen molar-refractivity contribution in [1.82, 2.24) is 5.32 Å². The van der Waals surface area contributed by atoms with Crippen LogP contribution in [0.4, 0.5) is 5.69 Å². The number of ether oxygens (including phenoxy) is 2.